The topological polar surface area (TPSA) is 60.5 Å². The monoisotopic (exact) mass is 262 g/mol. The zero-order chi connectivity index (χ0) is 13.1. The second kappa shape index (κ2) is 5.67. The molecule has 5 heteroatoms. The van der Waals surface area contributed by atoms with Gasteiger partial charge < -0.3 is 14.8 Å². The van der Waals surface area contributed by atoms with Crippen molar-refractivity contribution in [3.8, 4) is 0 Å². The lowest BCUT2D eigenvalue weighted by Gasteiger charge is -2.39. The summed E-state index contributed by atoms with van der Waals surface area (Å²) in [5.74, 6) is -0.0393. The first-order valence-electron chi connectivity index (χ1n) is 6.77. The Bertz CT molecular complexity index is 438. The zero-order valence-corrected chi connectivity index (χ0v) is 10.7. The van der Waals surface area contributed by atoms with Crippen LogP contribution in [-0.2, 0) is 9.47 Å². The van der Waals surface area contributed by atoms with Gasteiger partial charge in [0.15, 0.2) is 0 Å². The maximum Gasteiger partial charge on any atom is 0.251 e. The fraction of sp³-hybridized carbons (Fsp3) is 0.571. The van der Waals surface area contributed by atoms with Crippen molar-refractivity contribution in [3.05, 3.63) is 30.1 Å². The summed E-state index contributed by atoms with van der Waals surface area (Å²) in [6, 6.07) is 3.62. The van der Waals surface area contributed by atoms with E-state index in [1.807, 2.05) is 0 Å². The van der Waals surface area contributed by atoms with E-state index in [4.69, 9.17) is 9.47 Å². The van der Waals surface area contributed by atoms with E-state index in [-0.39, 0.29) is 24.2 Å². The Labute approximate surface area is 112 Å². The van der Waals surface area contributed by atoms with Crippen LogP contribution in [-0.4, -0.2) is 42.4 Å². The SMILES string of the molecule is O=C(N[C@@H]1CC[C@H]2OCCO[C@H]2C1)c1ccncc1. The molecule has 19 heavy (non-hydrogen) atoms. The Kier molecular flexibility index (Phi) is 3.75. The summed E-state index contributed by atoms with van der Waals surface area (Å²) >= 11 is 0. The number of amides is 1. The van der Waals surface area contributed by atoms with Crippen LogP contribution in [0, 0.1) is 0 Å². The Balaban J connectivity index is 1.57. The molecule has 1 aromatic heterocycles. The fourth-order valence-electron chi connectivity index (χ4n) is 2.77. The van der Waals surface area contributed by atoms with E-state index >= 15 is 0 Å². The molecule has 1 saturated heterocycles. The predicted octanol–water partition coefficient (Wildman–Crippen LogP) is 1.15. The molecule has 5 nitrogen and oxygen atoms in total. The largest absolute Gasteiger partial charge is 0.373 e. The number of pyridine rings is 1. The summed E-state index contributed by atoms with van der Waals surface area (Å²) in [7, 11) is 0. The number of fused-ring (bicyclic) bond motifs is 1. The summed E-state index contributed by atoms with van der Waals surface area (Å²) in [6.45, 7) is 1.35. The Morgan fingerprint density at radius 1 is 1.16 bits per heavy atom. The Morgan fingerprint density at radius 2 is 1.89 bits per heavy atom. The summed E-state index contributed by atoms with van der Waals surface area (Å²) in [6.07, 6.45) is 6.33. The lowest BCUT2D eigenvalue weighted by atomic mass is 9.89. The smallest absolute Gasteiger partial charge is 0.251 e. The number of nitrogens with zero attached hydrogens (tertiary/aromatic N) is 1. The number of rotatable bonds is 2. The first-order chi connectivity index (χ1) is 9.33. The van der Waals surface area contributed by atoms with Crippen LogP contribution < -0.4 is 5.32 Å². The summed E-state index contributed by atoms with van der Waals surface area (Å²) < 4.78 is 11.4. The van der Waals surface area contributed by atoms with Crippen molar-refractivity contribution in [2.24, 2.45) is 0 Å². The van der Waals surface area contributed by atoms with Gasteiger partial charge in [0.05, 0.1) is 25.4 Å². The molecular formula is C14H18N2O3. The molecule has 0 bridgehead atoms. The highest BCUT2D eigenvalue weighted by atomic mass is 16.6. The maximum atomic E-state index is 12.1. The minimum absolute atomic E-state index is 0.0393. The van der Waals surface area contributed by atoms with Crippen molar-refractivity contribution in [1.82, 2.24) is 10.3 Å². The molecule has 2 fully saturated rings. The van der Waals surface area contributed by atoms with Crippen molar-refractivity contribution in [1.29, 1.82) is 0 Å². The maximum absolute atomic E-state index is 12.1. The number of ether oxygens (including phenoxy) is 2. The van der Waals surface area contributed by atoms with E-state index in [2.05, 4.69) is 10.3 Å². The van der Waals surface area contributed by atoms with Crippen LogP contribution in [0.1, 0.15) is 29.6 Å². The zero-order valence-electron chi connectivity index (χ0n) is 10.7. The van der Waals surface area contributed by atoms with Crippen LogP contribution in [0.5, 0.6) is 0 Å². The van der Waals surface area contributed by atoms with Crippen molar-refractivity contribution in [3.63, 3.8) is 0 Å². The van der Waals surface area contributed by atoms with Gasteiger partial charge in [-0.2, -0.15) is 0 Å². The first kappa shape index (κ1) is 12.6. The highest BCUT2D eigenvalue weighted by Gasteiger charge is 2.34. The van der Waals surface area contributed by atoms with Crippen LogP contribution in [0.3, 0.4) is 0 Å². The van der Waals surface area contributed by atoms with Crippen molar-refractivity contribution < 1.29 is 14.3 Å². The van der Waals surface area contributed by atoms with Crippen molar-refractivity contribution >= 4 is 5.91 Å². The third-order valence-corrected chi connectivity index (χ3v) is 3.76. The highest BCUT2D eigenvalue weighted by molar-refractivity contribution is 5.94. The van der Waals surface area contributed by atoms with Crippen LogP contribution >= 0.6 is 0 Å². The van der Waals surface area contributed by atoms with Gasteiger partial charge in [0.2, 0.25) is 0 Å². The van der Waals surface area contributed by atoms with E-state index in [0.29, 0.717) is 18.8 Å². The average Bonchev–Trinajstić information content (AvgIpc) is 2.48. The molecule has 1 aliphatic carbocycles. The van der Waals surface area contributed by atoms with Gasteiger partial charge in [-0.05, 0) is 31.4 Å². The molecule has 1 saturated carbocycles. The van der Waals surface area contributed by atoms with Gasteiger partial charge in [-0.1, -0.05) is 0 Å². The number of hydrogen-bond acceptors (Lipinski definition) is 4. The number of hydrogen-bond donors (Lipinski definition) is 1. The molecule has 0 aromatic carbocycles. The third kappa shape index (κ3) is 2.93. The quantitative estimate of drug-likeness (QED) is 0.868. The molecule has 1 amide bonds. The lowest BCUT2D eigenvalue weighted by Crippen LogP contribution is -2.49. The molecule has 0 radical (unpaired) electrons. The predicted molar refractivity (Wildman–Crippen MR) is 68.8 cm³/mol. The second-order valence-corrected chi connectivity index (χ2v) is 5.04. The molecule has 3 rings (SSSR count). The minimum Gasteiger partial charge on any atom is -0.373 e. The first-order valence-corrected chi connectivity index (χ1v) is 6.77. The van der Waals surface area contributed by atoms with Crippen LogP contribution in [0.2, 0.25) is 0 Å². The van der Waals surface area contributed by atoms with E-state index < -0.39 is 0 Å². The molecule has 0 unspecified atom stereocenters. The van der Waals surface area contributed by atoms with Crippen LogP contribution in [0.25, 0.3) is 0 Å². The van der Waals surface area contributed by atoms with E-state index in [9.17, 15) is 4.79 Å². The summed E-state index contributed by atoms with van der Waals surface area (Å²) in [5, 5.41) is 3.07. The van der Waals surface area contributed by atoms with Gasteiger partial charge in [0, 0.05) is 24.0 Å². The van der Waals surface area contributed by atoms with Crippen LogP contribution in [0.4, 0.5) is 0 Å². The normalized spacial score (nSPS) is 30.4. The van der Waals surface area contributed by atoms with Gasteiger partial charge in [0.25, 0.3) is 5.91 Å². The third-order valence-electron chi connectivity index (χ3n) is 3.76. The molecule has 0 spiro atoms. The molecule has 1 aromatic rings. The van der Waals surface area contributed by atoms with Gasteiger partial charge in [0.1, 0.15) is 0 Å². The van der Waals surface area contributed by atoms with Gasteiger partial charge in [-0.15, -0.1) is 0 Å². The molecule has 102 valence electrons. The highest BCUT2D eigenvalue weighted by Crippen LogP contribution is 2.26. The summed E-state index contributed by atoms with van der Waals surface area (Å²) in [4.78, 5) is 16.0. The second-order valence-electron chi connectivity index (χ2n) is 5.04. The number of aromatic nitrogens is 1. The number of nitrogens with one attached hydrogen (secondary N) is 1. The standard InChI is InChI=1S/C14H18N2O3/c17-14(10-3-5-15-6-4-10)16-11-1-2-12-13(9-11)19-8-7-18-12/h3-6,11-13H,1-2,7-9H2,(H,16,17)/t11-,12-,13+/m1/s1. The average molecular weight is 262 g/mol. The molecule has 1 aliphatic heterocycles. The van der Waals surface area contributed by atoms with E-state index in [1.54, 1.807) is 24.5 Å². The number of carbonyl (C=O) groups is 1. The minimum atomic E-state index is -0.0393. The molecule has 2 heterocycles. The van der Waals surface area contributed by atoms with E-state index in [0.717, 1.165) is 19.3 Å². The van der Waals surface area contributed by atoms with Crippen LogP contribution in [0.15, 0.2) is 24.5 Å². The summed E-state index contributed by atoms with van der Waals surface area (Å²) in [5.41, 5.74) is 0.651. The van der Waals surface area contributed by atoms with E-state index in [1.165, 1.54) is 0 Å². The van der Waals surface area contributed by atoms with Gasteiger partial charge >= 0.3 is 0 Å². The van der Waals surface area contributed by atoms with Crippen molar-refractivity contribution in [2.75, 3.05) is 13.2 Å². The Hall–Kier alpha value is -1.46. The lowest BCUT2D eigenvalue weighted by molar-refractivity contribution is -0.157. The Morgan fingerprint density at radius 3 is 2.68 bits per heavy atom. The number of carbonyl (C=O) groups excluding carboxylic acids is 1. The van der Waals surface area contributed by atoms with Crippen molar-refractivity contribution in [2.45, 2.75) is 37.5 Å². The van der Waals surface area contributed by atoms with Gasteiger partial charge in [-0.3, -0.25) is 9.78 Å². The molecule has 1 N–H and O–H groups in total. The molecule has 2 aliphatic rings. The van der Waals surface area contributed by atoms with Gasteiger partial charge in [-0.25, -0.2) is 0 Å². The molecular weight excluding hydrogens is 244 g/mol. The molecule has 3 atom stereocenters. The fourth-order valence-corrected chi connectivity index (χ4v) is 2.77.